The zero-order valence-corrected chi connectivity index (χ0v) is 13.0. The maximum absolute atomic E-state index is 5.72. The summed E-state index contributed by atoms with van der Waals surface area (Å²) in [5.74, 6) is 7.68. The normalized spacial score (nSPS) is 10.8. The van der Waals surface area contributed by atoms with Gasteiger partial charge in [0, 0.05) is 16.8 Å². The number of nitrogens with two attached hydrogens (primary N) is 1. The lowest BCUT2D eigenvalue weighted by Gasteiger charge is -2.13. The van der Waals surface area contributed by atoms with Crippen molar-refractivity contribution in [2.75, 3.05) is 5.43 Å². The van der Waals surface area contributed by atoms with E-state index in [1.54, 1.807) is 0 Å². The molecular weight excluding hydrogens is 264 g/mol. The lowest BCUT2D eigenvalue weighted by atomic mass is 10.1. The van der Waals surface area contributed by atoms with Gasteiger partial charge in [0.2, 0.25) is 0 Å². The van der Waals surface area contributed by atoms with Crippen molar-refractivity contribution in [3.05, 3.63) is 35.5 Å². The number of aromatic nitrogens is 2. The molecular formula is C16H22N4O. The van der Waals surface area contributed by atoms with Gasteiger partial charge in [0.25, 0.3) is 0 Å². The van der Waals surface area contributed by atoms with Crippen molar-refractivity contribution in [1.82, 2.24) is 9.97 Å². The first-order valence-corrected chi connectivity index (χ1v) is 7.16. The molecule has 1 aromatic carbocycles. The smallest absolute Gasteiger partial charge is 0.161 e. The first kappa shape index (κ1) is 15.3. The Hall–Kier alpha value is -2.14. The Morgan fingerprint density at radius 2 is 2.05 bits per heavy atom. The highest BCUT2D eigenvalue weighted by atomic mass is 16.5. The van der Waals surface area contributed by atoms with Crippen molar-refractivity contribution in [2.24, 2.45) is 5.84 Å². The average Bonchev–Trinajstić information content (AvgIpc) is 2.47. The number of rotatable bonds is 5. The molecule has 3 N–H and O–H groups in total. The number of ether oxygens (including phenoxy) is 1. The second-order valence-corrected chi connectivity index (χ2v) is 5.16. The van der Waals surface area contributed by atoms with Gasteiger partial charge >= 0.3 is 0 Å². The van der Waals surface area contributed by atoms with Gasteiger partial charge in [0.05, 0.1) is 6.10 Å². The molecule has 2 rings (SSSR count). The molecule has 21 heavy (non-hydrogen) atoms. The highest BCUT2D eigenvalue weighted by Gasteiger charge is 2.11. The van der Waals surface area contributed by atoms with Crippen molar-refractivity contribution >= 4 is 5.82 Å². The molecule has 1 aromatic heterocycles. The largest absolute Gasteiger partial charge is 0.491 e. The average molecular weight is 286 g/mol. The minimum absolute atomic E-state index is 0.131. The van der Waals surface area contributed by atoms with Gasteiger partial charge in [0.15, 0.2) is 5.82 Å². The fourth-order valence-corrected chi connectivity index (χ4v) is 2.16. The van der Waals surface area contributed by atoms with Gasteiger partial charge < -0.3 is 10.2 Å². The molecule has 0 saturated carbocycles. The minimum Gasteiger partial charge on any atom is -0.491 e. The third kappa shape index (κ3) is 3.49. The second kappa shape index (κ2) is 6.54. The van der Waals surface area contributed by atoms with Gasteiger partial charge in [-0.25, -0.2) is 15.8 Å². The molecule has 5 heteroatoms. The number of nitrogens with zero attached hydrogens (tertiary/aromatic N) is 2. The van der Waals surface area contributed by atoms with E-state index in [0.29, 0.717) is 11.6 Å². The van der Waals surface area contributed by atoms with Crippen LogP contribution in [0.4, 0.5) is 5.82 Å². The molecule has 112 valence electrons. The molecule has 0 fully saturated rings. The van der Waals surface area contributed by atoms with Crippen LogP contribution < -0.4 is 16.0 Å². The number of benzene rings is 1. The van der Waals surface area contributed by atoms with Gasteiger partial charge in [0.1, 0.15) is 11.6 Å². The fraction of sp³-hybridized carbons (Fsp3) is 0.375. The van der Waals surface area contributed by atoms with Crippen LogP contribution in [0.1, 0.15) is 32.0 Å². The molecule has 1 heterocycles. The summed E-state index contributed by atoms with van der Waals surface area (Å²) < 4.78 is 5.72. The number of nitrogen functional groups attached to an aromatic ring is 1. The van der Waals surface area contributed by atoms with E-state index in [1.807, 2.05) is 45.0 Å². The Balaban J connectivity index is 2.46. The predicted molar refractivity (Wildman–Crippen MR) is 85.2 cm³/mol. The Bertz CT molecular complexity index is 600. The summed E-state index contributed by atoms with van der Waals surface area (Å²) >= 11 is 0. The molecule has 0 radical (unpaired) electrons. The van der Waals surface area contributed by atoms with Crippen LogP contribution in [-0.4, -0.2) is 16.1 Å². The van der Waals surface area contributed by atoms with Crippen LogP contribution in [0.5, 0.6) is 5.75 Å². The van der Waals surface area contributed by atoms with Crippen molar-refractivity contribution in [3.63, 3.8) is 0 Å². The second-order valence-electron chi connectivity index (χ2n) is 5.16. The third-order valence-electron chi connectivity index (χ3n) is 3.18. The molecule has 0 aliphatic carbocycles. The van der Waals surface area contributed by atoms with Crippen LogP contribution in [0.25, 0.3) is 11.4 Å². The first-order valence-electron chi connectivity index (χ1n) is 7.16. The van der Waals surface area contributed by atoms with Gasteiger partial charge in [-0.05, 0) is 39.3 Å². The van der Waals surface area contributed by atoms with Crippen LogP contribution in [-0.2, 0) is 6.42 Å². The number of hydrazine groups is 1. The summed E-state index contributed by atoms with van der Waals surface area (Å²) in [6, 6.07) is 7.79. The molecule has 2 aromatic rings. The molecule has 0 atom stereocenters. The lowest BCUT2D eigenvalue weighted by Crippen LogP contribution is -2.13. The molecule has 0 spiro atoms. The summed E-state index contributed by atoms with van der Waals surface area (Å²) in [6.07, 6.45) is 0.963. The van der Waals surface area contributed by atoms with Crippen molar-refractivity contribution in [3.8, 4) is 17.1 Å². The molecule has 0 amide bonds. The van der Waals surface area contributed by atoms with Crippen LogP contribution in [0.3, 0.4) is 0 Å². The summed E-state index contributed by atoms with van der Waals surface area (Å²) in [6.45, 7) is 8.04. The maximum atomic E-state index is 5.72. The van der Waals surface area contributed by atoms with Gasteiger partial charge in [-0.1, -0.05) is 19.1 Å². The number of hydrogen-bond donors (Lipinski definition) is 2. The summed E-state index contributed by atoms with van der Waals surface area (Å²) in [5, 5.41) is 0. The monoisotopic (exact) mass is 286 g/mol. The van der Waals surface area contributed by atoms with Crippen LogP contribution in [0.2, 0.25) is 0 Å². The summed E-state index contributed by atoms with van der Waals surface area (Å²) in [4.78, 5) is 9.11. The highest BCUT2D eigenvalue weighted by Crippen LogP contribution is 2.25. The SMILES string of the molecule is CCc1nc(-c2cccc(OC(C)C)c2)nc(NN)c1C. The molecule has 5 nitrogen and oxygen atoms in total. The van der Waals surface area contributed by atoms with E-state index < -0.39 is 0 Å². The van der Waals surface area contributed by atoms with E-state index in [4.69, 9.17) is 10.6 Å². The molecule has 0 aliphatic heterocycles. The fourth-order valence-electron chi connectivity index (χ4n) is 2.16. The van der Waals surface area contributed by atoms with E-state index in [-0.39, 0.29) is 6.10 Å². The molecule has 0 aliphatic rings. The standard InChI is InChI=1S/C16H22N4O/c1-5-14-11(4)15(20-17)19-16(18-14)12-7-6-8-13(9-12)21-10(2)3/h6-10H,5,17H2,1-4H3,(H,18,19,20). The maximum Gasteiger partial charge on any atom is 0.161 e. The van der Waals surface area contributed by atoms with E-state index in [0.717, 1.165) is 29.0 Å². The van der Waals surface area contributed by atoms with Gasteiger partial charge in [-0.3, -0.25) is 0 Å². The van der Waals surface area contributed by atoms with Crippen molar-refractivity contribution < 1.29 is 4.74 Å². The highest BCUT2D eigenvalue weighted by molar-refractivity contribution is 5.61. The Labute approximate surface area is 125 Å². The topological polar surface area (TPSA) is 73.1 Å². The zero-order valence-electron chi connectivity index (χ0n) is 13.0. The van der Waals surface area contributed by atoms with E-state index in [9.17, 15) is 0 Å². The first-order chi connectivity index (χ1) is 10.0. The van der Waals surface area contributed by atoms with Crippen molar-refractivity contribution in [2.45, 2.75) is 40.2 Å². The quantitative estimate of drug-likeness (QED) is 0.652. The Morgan fingerprint density at radius 3 is 2.67 bits per heavy atom. The van der Waals surface area contributed by atoms with E-state index >= 15 is 0 Å². The number of aryl methyl sites for hydroxylation is 1. The predicted octanol–water partition coefficient (Wildman–Crippen LogP) is 3.09. The number of anilines is 1. The van der Waals surface area contributed by atoms with Crippen LogP contribution >= 0.6 is 0 Å². The summed E-state index contributed by atoms with van der Waals surface area (Å²) in [7, 11) is 0. The number of hydrogen-bond acceptors (Lipinski definition) is 5. The van der Waals surface area contributed by atoms with E-state index in [2.05, 4.69) is 22.3 Å². The van der Waals surface area contributed by atoms with Gasteiger partial charge in [-0.2, -0.15) is 0 Å². The van der Waals surface area contributed by atoms with Crippen LogP contribution in [0, 0.1) is 6.92 Å². The molecule has 0 bridgehead atoms. The zero-order chi connectivity index (χ0) is 15.4. The number of nitrogens with one attached hydrogen (secondary N) is 1. The Kier molecular flexibility index (Phi) is 4.75. The lowest BCUT2D eigenvalue weighted by molar-refractivity contribution is 0.242. The minimum atomic E-state index is 0.131. The Morgan fingerprint density at radius 1 is 1.29 bits per heavy atom. The van der Waals surface area contributed by atoms with E-state index in [1.165, 1.54) is 0 Å². The molecule has 0 unspecified atom stereocenters. The van der Waals surface area contributed by atoms with Crippen molar-refractivity contribution in [1.29, 1.82) is 0 Å². The summed E-state index contributed by atoms with van der Waals surface area (Å²) in [5.41, 5.74) is 5.53. The van der Waals surface area contributed by atoms with Gasteiger partial charge in [-0.15, -0.1) is 0 Å². The third-order valence-corrected chi connectivity index (χ3v) is 3.18. The molecule has 0 saturated heterocycles. The van der Waals surface area contributed by atoms with Crippen LogP contribution in [0.15, 0.2) is 24.3 Å².